The first-order valence-corrected chi connectivity index (χ1v) is 8.17. The van der Waals surface area contributed by atoms with E-state index in [2.05, 4.69) is 0 Å². The predicted molar refractivity (Wildman–Crippen MR) is 95.1 cm³/mol. The lowest BCUT2D eigenvalue weighted by atomic mass is 10.1. The third-order valence-corrected chi connectivity index (χ3v) is 4.43. The monoisotopic (exact) mass is 377 g/mol. The molecule has 0 bridgehead atoms. The fourth-order valence-electron chi connectivity index (χ4n) is 2.72. The first-order chi connectivity index (χ1) is 12.7. The smallest absolute Gasteiger partial charge is 0.183 e. The molecule has 0 unspecified atom stereocenters. The molecule has 6 heteroatoms. The summed E-state index contributed by atoms with van der Waals surface area (Å²) in [7, 11) is 0. The molecule has 0 aliphatic rings. The van der Waals surface area contributed by atoms with Crippen LogP contribution in [-0.2, 0) is 0 Å². The summed E-state index contributed by atoms with van der Waals surface area (Å²) in [5, 5.41) is 0. The van der Waals surface area contributed by atoms with Gasteiger partial charge in [0.15, 0.2) is 11.6 Å². The van der Waals surface area contributed by atoms with Crippen molar-refractivity contribution >= 4 is 17.1 Å². The predicted octanol–water partition coefficient (Wildman–Crippen LogP) is 6.78. The van der Waals surface area contributed by atoms with Crippen molar-refractivity contribution in [2.45, 2.75) is 20.8 Å². The molecule has 0 aliphatic carbocycles. The Kier molecular flexibility index (Phi) is 4.91. The Labute approximate surface area is 153 Å². The Balaban J connectivity index is 2.31. The lowest BCUT2D eigenvalue weighted by Gasteiger charge is -2.27. The van der Waals surface area contributed by atoms with Gasteiger partial charge in [-0.05, 0) is 45.0 Å². The van der Waals surface area contributed by atoms with Crippen LogP contribution in [0.4, 0.5) is 39.0 Å². The lowest BCUT2D eigenvalue weighted by Crippen LogP contribution is -2.15. The Morgan fingerprint density at radius 2 is 1.11 bits per heavy atom. The summed E-state index contributed by atoms with van der Waals surface area (Å²) in [4.78, 5) is 1.08. The Bertz CT molecular complexity index is 989. The highest BCUT2D eigenvalue weighted by molar-refractivity contribution is 5.77. The van der Waals surface area contributed by atoms with Crippen molar-refractivity contribution in [3.8, 4) is 0 Å². The van der Waals surface area contributed by atoms with E-state index in [1.54, 1.807) is 24.3 Å². The fraction of sp³-hybridized carbons (Fsp3) is 0.143. The van der Waals surface area contributed by atoms with E-state index in [1.165, 1.54) is 6.92 Å². The summed E-state index contributed by atoms with van der Waals surface area (Å²) in [6.07, 6.45) is 0. The van der Waals surface area contributed by atoms with E-state index in [4.69, 9.17) is 0 Å². The molecule has 0 saturated heterocycles. The maximum Gasteiger partial charge on any atom is 0.183 e. The molecule has 0 heterocycles. The largest absolute Gasteiger partial charge is 0.307 e. The SMILES string of the molecule is Cc1ccc(N(c2cc(F)c(C)c(F)c2)c2cc(F)c(C)c(F)c2F)cc1. The number of aryl methyl sites for hydroxylation is 1. The number of anilines is 3. The van der Waals surface area contributed by atoms with Crippen molar-refractivity contribution in [3.05, 3.63) is 88.2 Å². The summed E-state index contributed by atoms with van der Waals surface area (Å²) in [6.45, 7) is 4.19. The maximum atomic E-state index is 14.7. The topological polar surface area (TPSA) is 3.24 Å². The second kappa shape index (κ2) is 7.02. The van der Waals surface area contributed by atoms with Crippen LogP contribution in [-0.4, -0.2) is 0 Å². The summed E-state index contributed by atoms with van der Waals surface area (Å²) in [5.41, 5.74) is -0.0691. The molecule has 3 aromatic carbocycles. The number of hydrogen-bond donors (Lipinski definition) is 0. The van der Waals surface area contributed by atoms with Gasteiger partial charge in [-0.3, -0.25) is 0 Å². The minimum absolute atomic E-state index is 0.0963. The van der Waals surface area contributed by atoms with E-state index >= 15 is 0 Å². The molecule has 0 N–H and O–H groups in total. The molecule has 140 valence electrons. The van der Waals surface area contributed by atoms with Crippen molar-refractivity contribution in [2.75, 3.05) is 4.90 Å². The van der Waals surface area contributed by atoms with Crippen LogP contribution >= 0.6 is 0 Å². The zero-order valence-electron chi connectivity index (χ0n) is 14.9. The highest BCUT2D eigenvalue weighted by Gasteiger charge is 2.24. The summed E-state index contributed by atoms with van der Waals surface area (Å²) in [6, 6.07) is 9.33. The van der Waals surface area contributed by atoms with Crippen LogP contribution in [0.2, 0.25) is 0 Å². The van der Waals surface area contributed by atoms with Gasteiger partial charge in [-0.2, -0.15) is 0 Å². The normalized spacial score (nSPS) is 11.0. The van der Waals surface area contributed by atoms with E-state index in [1.807, 2.05) is 6.92 Å². The highest BCUT2D eigenvalue weighted by atomic mass is 19.2. The number of rotatable bonds is 3. The van der Waals surface area contributed by atoms with Crippen LogP contribution in [0.25, 0.3) is 0 Å². The van der Waals surface area contributed by atoms with Gasteiger partial charge in [-0.25, -0.2) is 22.0 Å². The Morgan fingerprint density at radius 3 is 1.67 bits per heavy atom. The van der Waals surface area contributed by atoms with Crippen LogP contribution in [0.5, 0.6) is 0 Å². The van der Waals surface area contributed by atoms with Crippen molar-refractivity contribution in [2.24, 2.45) is 0 Å². The molecule has 0 atom stereocenters. The van der Waals surface area contributed by atoms with Gasteiger partial charge in [0.2, 0.25) is 0 Å². The average Bonchev–Trinajstić information content (AvgIpc) is 2.63. The standard InChI is InChI=1S/C21H16F5N/c1-11-4-6-14(7-5-11)27(15-8-16(22)12(2)17(23)9-15)19-10-18(24)13(3)20(25)21(19)26/h4-10H,1-3H3. The zero-order chi connectivity index (χ0) is 19.9. The molecule has 0 radical (unpaired) electrons. The molecular formula is C21H16F5N. The number of halogens is 5. The van der Waals surface area contributed by atoms with Gasteiger partial charge in [-0.15, -0.1) is 0 Å². The number of benzene rings is 3. The van der Waals surface area contributed by atoms with Crippen LogP contribution in [0.15, 0.2) is 42.5 Å². The molecule has 27 heavy (non-hydrogen) atoms. The highest BCUT2D eigenvalue weighted by Crippen LogP contribution is 2.39. The van der Waals surface area contributed by atoms with E-state index < -0.39 is 40.3 Å². The van der Waals surface area contributed by atoms with Gasteiger partial charge in [0.1, 0.15) is 17.5 Å². The molecule has 3 rings (SSSR count). The van der Waals surface area contributed by atoms with Crippen molar-refractivity contribution in [3.63, 3.8) is 0 Å². The quantitative estimate of drug-likeness (QED) is 0.359. The third kappa shape index (κ3) is 3.39. The molecule has 0 aliphatic heterocycles. The van der Waals surface area contributed by atoms with Crippen LogP contribution in [0.1, 0.15) is 16.7 Å². The maximum absolute atomic E-state index is 14.7. The molecule has 3 aromatic rings. The zero-order valence-corrected chi connectivity index (χ0v) is 14.9. The molecule has 0 spiro atoms. The van der Waals surface area contributed by atoms with E-state index in [0.29, 0.717) is 5.69 Å². The minimum atomic E-state index is -1.35. The minimum Gasteiger partial charge on any atom is -0.307 e. The first kappa shape index (κ1) is 18.9. The lowest BCUT2D eigenvalue weighted by molar-refractivity contribution is 0.487. The average molecular weight is 377 g/mol. The summed E-state index contributed by atoms with van der Waals surface area (Å²) >= 11 is 0. The Morgan fingerprint density at radius 1 is 0.593 bits per heavy atom. The van der Waals surface area contributed by atoms with E-state index in [0.717, 1.165) is 35.6 Å². The molecule has 1 nitrogen and oxygen atoms in total. The second-order valence-corrected chi connectivity index (χ2v) is 6.34. The van der Waals surface area contributed by atoms with Crippen LogP contribution in [0.3, 0.4) is 0 Å². The fourth-order valence-corrected chi connectivity index (χ4v) is 2.72. The van der Waals surface area contributed by atoms with Crippen LogP contribution < -0.4 is 4.90 Å². The van der Waals surface area contributed by atoms with Gasteiger partial charge in [-0.1, -0.05) is 17.7 Å². The number of nitrogens with zero attached hydrogens (tertiary/aromatic N) is 1. The van der Waals surface area contributed by atoms with E-state index in [-0.39, 0.29) is 11.3 Å². The molecule has 0 amide bonds. The molecule has 0 aromatic heterocycles. The first-order valence-electron chi connectivity index (χ1n) is 8.17. The van der Waals surface area contributed by atoms with Gasteiger partial charge in [0.05, 0.1) is 11.4 Å². The van der Waals surface area contributed by atoms with Gasteiger partial charge >= 0.3 is 0 Å². The Hall–Kier alpha value is -2.89. The summed E-state index contributed by atoms with van der Waals surface area (Å²) in [5.74, 6) is -5.33. The molecule has 0 fully saturated rings. The van der Waals surface area contributed by atoms with Gasteiger partial charge < -0.3 is 4.90 Å². The van der Waals surface area contributed by atoms with Crippen molar-refractivity contribution in [1.29, 1.82) is 0 Å². The third-order valence-electron chi connectivity index (χ3n) is 4.43. The van der Waals surface area contributed by atoms with E-state index in [9.17, 15) is 22.0 Å². The van der Waals surface area contributed by atoms with Crippen LogP contribution in [0, 0.1) is 49.9 Å². The summed E-state index contributed by atoms with van der Waals surface area (Å²) < 4.78 is 71.1. The number of hydrogen-bond acceptors (Lipinski definition) is 1. The second-order valence-electron chi connectivity index (χ2n) is 6.34. The van der Waals surface area contributed by atoms with Crippen molar-refractivity contribution < 1.29 is 22.0 Å². The van der Waals surface area contributed by atoms with Gasteiger partial charge in [0, 0.05) is 22.9 Å². The molecular weight excluding hydrogens is 361 g/mol. The van der Waals surface area contributed by atoms with Crippen molar-refractivity contribution in [1.82, 2.24) is 0 Å². The molecule has 0 saturated carbocycles. The van der Waals surface area contributed by atoms with Gasteiger partial charge in [0.25, 0.3) is 0 Å².